The van der Waals surface area contributed by atoms with Crippen LogP contribution in [0.4, 0.5) is 0 Å². The molecule has 4 heterocycles. The molecule has 0 unspecified atom stereocenters. The summed E-state index contributed by atoms with van der Waals surface area (Å²) in [5.41, 5.74) is 3.78. The smallest absolute Gasteiger partial charge is 0.200 e. The van der Waals surface area contributed by atoms with Crippen molar-refractivity contribution in [2.24, 2.45) is 0 Å². The van der Waals surface area contributed by atoms with E-state index in [2.05, 4.69) is 9.97 Å². The van der Waals surface area contributed by atoms with Crippen LogP contribution in [0.5, 0.6) is 0 Å². The van der Waals surface area contributed by atoms with Crippen LogP contribution in [0.15, 0.2) is 46.1 Å². The van der Waals surface area contributed by atoms with Crippen LogP contribution in [-0.4, -0.2) is 19.1 Å². The molecule has 28 heavy (non-hydrogen) atoms. The summed E-state index contributed by atoms with van der Waals surface area (Å²) in [5, 5.41) is 1.11. The van der Waals surface area contributed by atoms with Crippen LogP contribution in [0, 0.1) is 13.8 Å². The van der Waals surface area contributed by atoms with Crippen LogP contribution in [0.25, 0.3) is 33.3 Å². The van der Waals surface area contributed by atoms with E-state index in [1.807, 2.05) is 55.0 Å². The fraction of sp³-hybridized carbons (Fsp3) is 0.273. The molecule has 0 N–H and O–H groups in total. The van der Waals surface area contributed by atoms with E-state index in [4.69, 9.17) is 0 Å². The lowest BCUT2D eigenvalue weighted by Gasteiger charge is -2.17. The Hall–Kier alpha value is -3.28. The predicted octanol–water partition coefficient (Wildman–Crippen LogP) is 3.43. The molecule has 0 aromatic carbocycles. The summed E-state index contributed by atoms with van der Waals surface area (Å²) in [5.74, 6) is 0. The molecule has 0 aliphatic carbocycles. The first-order chi connectivity index (χ1) is 13.4. The second kappa shape index (κ2) is 6.71. The summed E-state index contributed by atoms with van der Waals surface area (Å²) in [6.07, 6.45) is 1.81. The molecule has 0 aliphatic heterocycles. The van der Waals surface area contributed by atoms with Crippen molar-refractivity contribution in [1.82, 2.24) is 19.1 Å². The highest BCUT2D eigenvalue weighted by Gasteiger charge is 2.17. The maximum Gasteiger partial charge on any atom is 0.200 e. The van der Waals surface area contributed by atoms with Crippen molar-refractivity contribution in [2.45, 2.75) is 40.8 Å². The molecular weight excluding hydrogens is 352 g/mol. The third kappa shape index (κ3) is 2.72. The molecule has 6 nitrogen and oxygen atoms in total. The van der Waals surface area contributed by atoms with Crippen molar-refractivity contribution in [3.8, 4) is 11.3 Å². The predicted molar refractivity (Wildman–Crippen MR) is 112 cm³/mol. The van der Waals surface area contributed by atoms with Gasteiger partial charge in [-0.05, 0) is 52.0 Å². The molecule has 0 fully saturated rings. The molecule has 4 aromatic heterocycles. The van der Waals surface area contributed by atoms with Gasteiger partial charge in [0.15, 0.2) is 10.9 Å². The summed E-state index contributed by atoms with van der Waals surface area (Å²) in [6.45, 7) is 9.06. The van der Waals surface area contributed by atoms with E-state index in [1.165, 1.54) is 0 Å². The minimum absolute atomic E-state index is 0.124. The van der Waals surface area contributed by atoms with Gasteiger partial charge in [0.05, 0.1) is 22.0 Å². The molecule has 0 spiro atoms. The normalized spacial score (nSPS) is 11.4. The van der Waals surface area contributed by atoms with Crippen LogP contribution < -0.4 is 10.9 Å². The third-order valence-electron chi connectivity index (χ3n) is 5.09. The van der Waals surface area contributed by atoms with E-state index in [0.29, 0.717) is 46.4 Å². The summed E-state index contributed by atoms with van der Waals surface area (Å²) < 4.78 is 3.89. The van der Waals surface area contributed by atoms with Gasteiger partial charge in [-0.1, -0.05) is 0 Å². The van der Waals surface area contributed by atoms with Gasteiger partial charge in [0, 0.05) is 36.7 Å². The number of hydrogen-bond donors (Lipinski definition) is 0. The van der Waals surface area contributed by atoms with Crippen LogP contribution in [-0.2, 0) is 13.1 Å². The topological polar surface area (TPSA) is 69.8 Å². The summed E-state index contributed by atoms with van der Waals surface area (Å²) in [6, 6.07) is 8.83. The van der Waals surface area contributed by atoms with Crippen molar-refractivity contribution in [3.63, 3.8) is 0 Å². The average Bonchev–Trinajstić information content (AvgIpc) is 2.68. The highest BCUT2D eigenvalue weighted by molar-refractivity contribution is 5.84. The van der Waals surface area contributed by atoms with Crippen LogP contribution in [0.1, 0.15) is 25.2 Å². The lowest BCUT2D eigenvalue weighted by atomic mass is 10.1. The molecule has 0 bridgehead atoms. The number of aryl methyl sites for hydroxylation is 4. The second-order valence-corrected chi connectivity index (χ2v) is 6.94. The standard InChI is InChI=1S/C22H22N4O2/c1-5-25-12-17(20(28)16-10-8-13(3)23-21(16)25)18-11-19(27)15-9-7-14(4)24-22(15)26(18)6-2/h7-12H,5-6H2,1-4H3. The summed E-state index contributed by atoms with van der Waals surface area (Å²) in [7, 11) is 0. The first-order valence-electron chi connectivity index (χ1n) is 9.47. The zero-order chi connectivity index (χ0) is 20.0. The minimum Gasteiger partial charge on any atom is -0.332 e. The highest BCUT2D eigenvalue weighted by atomic mass is 16.1. The molecule has 4 aromatic rings. The van der Waals surface area contributed by atoms with Crippen molar-refractivity contribution < 1.29 is 0 Å². The Kier molecular flexibility index (Phi) is 4.34. The highest BCUT2D eigenvalue weighted by Crippen LogP contribution is 2.22. The number of hydrogen-bond acceptors (Lipinski definition) is 4. The van der Waals surface area contributed by atoms with Gasteiger partial charge in [0.2, 0.25) is 0 Å². The van der Waals surface area contributed by atoms with Gasteiger partial charge in [-0.25, -0.2) is 9.97 Å². The molecular formula is C22H22N4O2. The van der Waals surface area contributed by atoms with E-state index in [9.17, 15) is 9.59 Å². The first-order valence-corrected chi connectivity index (χ1v) is 9.47. The fourth-order valence-corrected chi connectivity index (χ4v) is 3.66. The number of aromatic nitrogens is 4. The van der Waals surface area contributed by atoms with E-state index in [1.54, 1.807) is 18.3 Å². The van der Waals surface area contributed by atoms with E-state index < -0.39 is 0 Å². The number of rotatable bonds is 3. The molecule has 4 rings (SSSR count). The van der Waals surface area contributed by atoms with E-state index in [0.717, 1.165) is 11.4 Å². The molecule has 0 amide bonds. The molecule has 0 aliphatic rings. The number of pyridine rings is 4. The van der Waals surface area contributed by atoms with Crippen molar-refractivity contribution in [2.75, 3.05) is 0 Å². The van der Waals surface area contributed by atoms with E-state index in [-0.39, 0.29) is 10.9 Å². The fourth-order valence-electron chi connectivity index (χ4n) is 3.66. The minimum atomic E-state index is -0.133. The Morgan fingerprint density at radius 3 is 2.14 bits per heavy atom. The summed E-state index contributed by atoms with van der Waals surface area (Å²) >= 11 is 0. The largest absolute Gasteiger partial charge is 0.332 e. The van der Waals surface area contributed by atoms with Crippen molar-refractivity contribution in [1.29, 1.82) is 0 Å². The van der Waals surface area contributed by atoms with Gasteiger partial charge >= 0.3 is 0 Å². The lowest BCUT2D eigenvalue weighted by molar-refractivity contribution is 0.764. The quantitative estimate of drug-likeness (QED) is 0.551. The Morgan fingerprint density at radius 1 is 0.857 bits per heavy atom. The Labute approximate surface area is 162 Å². The van der Waals surface area contributed by atoms with Crippen LogP contribution in [0.2, 0.25) is 0 Å². The zero-order valence-electron chi connectivity index (χ0n) is 16.5. The average molecular weight is 374 g/mol. The van der Waals surface area contributed by atoms with Gasteiger partial charge in [0.25, 0.3) is 0 Å². The first kappa shape index (κ1) is 18.1. The Morgan fingerprint density at radius 2 is 1.50 bits per heavy atom. The molecule has 0 saturated carbocycles. The number of nitrogens with zero attached hydrogens (tertiary/aromatic N) is 4. The van der Waals surface area contributed by atoms with Gasteiger partial charge in [-0.3, -0.25) is 9.59 Å². The number of fused-ring (bicyclic) bond motifs is 2. The molecule has 142 valence electrons. The van der Waals surface area contributed by atoms with Gasteiger partial charge < -0.3 is 9.13 Å². The maximum atomic E-state index is 13.3. The summed E-state index contributed by atoms with van der Waals surface area (Å²) in [4.78, 5) is 35.2. The van der Waals surface area contributed by atoms with Crippen LogP contribution in [0.3, 0.4) is 0 Å². The second-order valence-electron chi connectivity index (χ2n) is 6.94. The van der Waals surface area contributed by atoms with Crippen molar-refractivity contribution >= 4 is 22.1 Å². The third-order valence-corrected chi connectivity index (χ3v) is 5.09. The van der Waals surface area contributed by atoms with Crippen LogP contribution >= 0.6 is 0 Å². The Balaban J connectivity index is 2.15. The van der Waals surface area contributed by atoms with Gasteiger partial charge in [-0.15, -0.1) is 0 Å². The van der Waals surface area contributed by atoms with Gasteiger partial charge in [-0.2, -0.15) is 0 Å². The van der Waals surface area contributed by atoms with Crippen molar-refractivity contribution in [3.05, 3.63) is 68.4 Å². The molecule has 0 saturated heterocycles. The molecule has 6 heteroatoms. The zero-order valence-corrected chi connectivity index (χ0v) is 16.5. The monoisotopic (exact) mass is 374 g/mol. The Bertz CT molecular complexity index is 1350. The van der Waals surface area contributed by atoms with E-state index >= 15 is 0 Å². The maximum absolute atomic E-state index is 13.3. The lowest BCUT2D eigenvalue weighted by Crippen LogP contribution is -2.19. The molecule has 0 radical (unpaired) electrons. The van der Waals surface area contributed by atoms with Gasteiger partial charge in [0.1, 0.15) is 11.3 Å². The SMILES string of the molecule is CCn1cc(-c2cc(=O)c3ccc(C)nc3n2CC)c(=O)c2ccc(C)nc21. The molecule has 0 atom stereocenters.